The Morgan fingerprint density at radius 1 is 1.09 bits per heavy atom. The van der Waals surface area contributed by atoms with Gasteiger partial charge >= 0.3 is 6.03 Å². The second-order valence-corrected chi connectivity index (χ2v) is 9.42. The average Bonchev–Trinajstić information content (AvgIpc) is 3.51. The Bertz CT molecular complexity index is 1410. The molecule has 0 spiro atoms. The molecular weight excluding hydrogens is 430 g/mol. The van der Waals surface area contributed by atoms with E-state index in [4.69, 9.17) is 10.1 Å². The number of carbonyl (C=O) groups excluding carboxylic acids is 1. The predicted octanol–water partition coefficient (Wildman–Crippen LogP) is 2.02. The van der Waals surface area contributed by atoms with Gasteiger partial charge in [-0.3, -0.25) is 9.36 Å². The first-order valence-electron chi connectivity index (χ1n) is 11.6. The molecular formula is C24H29N9O. The third kappa shape index (κ3) is 3.20. The number of aryl methyl sites for hydroxylation is 2. The number of hydrogen-bond donors (Lipinski definition) is 1. The van der Waals surface area contributed by atoms with Gasteiger partial charge in [-0.05, 0) is 19.2 Å². The molecule has 0 unspecified atom stereocenters. The summed E-state index contributed by atoms with van der Waals surface area (Å²) in [6, 6.07) is 6.36. The van der Waals surface area contributed by atoms with Crippen LogP contribution in [0.1, 0.15) is 17.4 Å². The number of fused-ring (bicyclic) bond motifs is 2. The number of amides is 2. The van der Waals surface area contributed by atoms with Crippen LogP contribution in [-0.4, -0.2) is 78.7 Å². The number of rotatable bonds is 3. The molecule has 1 fully saturated rings. The third-order valence-corrected chi connectivity index (χ3v) is 7.07. The first-order valence-corrected chi connectivity index (χ1v) is 11.6. The van der Waals surface area contributed by atoms with Crippen LogP contribution in [-0.2, 0) is 27.2 Å². The zero-order valence-corrected chi connectivity index (χ0v) is 20.0. The minimum absolute atomic E-state index is 0.0510. The van der Waals surface area contributed by atoms with Crippen LogP contribution in [0.4, 0.5) is 4.79 Å². The van der Waals surface area contributed by atoms with Crippen molar-refractivity contribution >= 4 is 16.9 Å². The molecule has 34 heavy (non-hydrogen) atoms. The number of hydrogen-bond acceptors (Lipinski definition) is 5. The van der Waals surface area contributed by atoms with Crippen LogP contribution in [0.3, 0.4) is 0 Å². The number of benzene rings is 1. The first kappa shape index (κ1) is 20.9. The molecule has 176 valence electrons. The van der Waals surface area contributed by atoms with Gasteiger partial charge in [-0.2, -0.15) is 10.2 Å². The molecule has 10 heteroatoms. The number of imidazole rings is 1. The zero-order chi connectivity index (χ0) is 23.6. The number of urea groups is 1. The van der Waals surface area contributed by atoms with E-state index in [2.05, 4.69) is 45.1 Å². The Balaban J connectivity index is 1.49. The fraction of sp³-hybridized carbons (Fsp3) is 0.417. The molecule has 0 bridgehead atoms. The summed E-state index contributed by atoms with van der Waals surface area (Å²) in [5.41, 5.74) is 6.07. The molecule has 6 rings (SSSR count). The maximum absolute atomic E-state index is 12.4. The molecule has 2 amide bonds. The highest BCUT2D eigenvalue weighted by molar-refractivity contribution is 5.95. The van der Waals surface area contributed by atoms with E-state index in [1.165, 1.54) is 0 Å². The number of carbonyl (C=O) groups is 1. The lowest BCUT2D eigenvalue weighted by atomic mass is 10.0. The summed E-state index contributed by atoms with van der Waals surface area (Å²) in [5, 5.41) is 12.9. The molecule has 1 aromatic carbocycles. The van der Waals surface area contributed by atoms with Crippen molar-refractivity contribution in [2.75, 3.05) is 33.7 Å². The average molecular weight is 460 g/mol. The zero-order valence-electron chi connectivity index (χ0n) is 20.0. The van der Waals surface area contributed by atoms with E-state index in [9.17, 15) is 4.79 Å². The number of nitrogens with one attached hydrogen (secondary N) is 1. The fourth-order valence-corrected chi connectivity index (χ4v) is 5.30. The number of likely N-dealkylation sites (N-methyl/N-ethyl adjacent to an activating group) is 1. The quantitative estimate of drug-likeness (QED) is 0.506. The van der Waals surface area contributed by atoms with Gasteiger partial charge in [0, 0.05) is 75.9 Å². The van der Waals surface area contributed by atoms with Gasteiger partial charge in [0.1, 0.15) is 11.5 Å². The molecule has 5 heterocycles. The van der Waals surface area contributed by atoms with E-state index < -0.39 is 0 Å². The van der Waals surface area contributed by atoms with Crippen LogP contribution in [0.25, 0.3) is 33.4 Å². The third-order valence-electron chi connectivity index (χ3n) is 7.07. The summed E-state index contributed by atoms with van der Waals surface area (Å²) < 4.78 is 6.05. The normalized spacial score (nSPS) is 16.6. The van der Waals surface area contributed by atoms with Crippen LogP contribution in [0, 0.1) is 0 Å². The van der Waals surface area contributed by atoms with Gasteiger partial charge in [0.15, 0.2) is 0 Å². The largest absolute Gasteiger partial charge is 0.341 e. The Kier molecular flexibility index (Phi) is 4.73. The van der Waals surface area contributed by atoms with Gasteiger partial charge in [0.05, 0.1) is 29.6 Å². The van der Waals surface area contributed by atoms with Crippen molar-refractivity contribution < 1.29 is 4.79 Å². The molecule has 10 nitrogen and oxygen atoms in total. The van der Waals surface area contributed by atoms with E-state index in [0.717, 1.165) is 64.6 Å². The second kappa shape index (κ2) is 7.69. The van der Waals surface area contributed by atoms with Crippen molar-refractivity contribution in [3.05, 3.63) is 42.1 Å². The van der Waals surface area contributed by atoms with Gasteiger partial charge in [-0.1, -0.05) is 6.07 Å². The van der Waals surface area contributed by atoms with E-state index >= 15 is 0 Å². The maximum Gasteiger partial charge on any atom is 0.317 e. The Labute approximate surface area is 197 Å². The minimum Gasteiger partial charge on any atom is -0.341 e. The molecule has 1 N–H and O–H groups in total. The summed E-state index contributed by atoms with van der Waals surface area (Å²) >= 11 is 0. The lowest BCUT2D eigenvalue weighted by Crippen LogP contribution is -2.45. The van der Waals surface area contributed by atoms with Crippen LogP contribution in [0.15, 0.2) is 30.6 Å². The molecule has 2 aliphatic rings. The van der Waals surface area contributed by atoms with Crippen LogP contribution >= 0.6 is 0 Å². The van der Waals surface area contributed by atoms with E-state index in [1.807, 2.05) is 36.1 Å². The topological polar surface area (TPSA) is 89.0 Å². The molecule has 2 aliphatic heterocycles. The highest BCUT2D eigenvalue weighted by Crippen LogP contribution is 2.36. The Hall–Kier alpha value is -3.66. The number of nitrogens with zero attached hydrogens (tertiary/aromatic N) is 8. The van der Waals surface area contributed by atoms with Gasteiger partial charge < -0.3 is 19.7 Å². The lowest BCUT2D eigenvalue weighted by Gasteiger charge is -2.37. The van der Waals surface area contributed by atoms with E-state index in [1.54, 1.807) is 11.7 Å². The van der Waals surface area contributed by atoms with Crippen molar-refractivity contribution in [3.63, 3.8) is 0 Å². The van der Waals surface area contributed by atoms with Crippen molar-refractivity contribution in [3.8, 4) is 22.5 Å². The van der Waals surface area contributed by atoms with Crippen molar-refractivity contribution in [2.24, 2.45) is 14.1 Å². The van der Waals surface area contributed by atoms with Crippen molar-refractivity contribution in [1.82, 2.24) is 44.2 Å². The standard InChI is InChI=1S/C24H29N9O/c1-25-24(34)32-7-8-33-20(14-32)22(27-23(33)17-11-29(2)12-17)15-5-6-19-18(9-15)21(28-31(19)4)16-10-26-30(3)13-16/h5-6,9-10,13,17H,7-8,11-12,14H2,1-4H3,(H,25,34). The minimum atomic E-state index is -0.0510. The predicted molar refractivity (Wildman–Crippen MR) is 129 cm³/mol. The highest BCUT2D eigenvalue weighted by atomic mass is 16.2. The molecule has 0 saturated carbocycles. The molecule has 0 radical (unpaired) electrons. The van der Waals surface area contributed by atoms with Crippen molar-refractivity contribution in [1.29, 1.82) is 0 Å². The van der Waals surface area contributed by atoms with Gasteiger partial charge in [-0.25, -0.2) is 9.78 Å². The summed E-state index contributed by atoms with van der Waals surface area (Å²) in [5.74, 6) is 1.57. The SMILES string of the molecule is CNC(=O)N1CCn2c(C3CN(C)C3)nc(-c3ccc4c(c3)c(-c3cnn(C)c3)nn4C)c2C1. The monoisotopic (exact) mass is 459 g/mol. The molecule has 0 aliphatic carbocycles. The smallest absolute Gasteiger partial charge is 0.317 e. The molecule has 4 aromatic rings. The Morgan fingerprint density at radius 3 is 2.62 bits per heavy atom. The summed E-state index contributed by atoms with van der Waals surface area (Å²) in [7, 11) is 7.70. The van der Waals surface area contributed by atoms with Crippen molar-refractivity contribution in [2.45, 2.75) is 19.0 Å². The van der Waals surface area contributed by atoms with E-state index in [-0.39, 0.29) is 6.03 Å². The van der Waals surface area contributed by atoms with Gasteiger partial charge in [0.25, 0.3) is 0 Å². The fourth-order valence-electron chi connectivity index (χ4n) is 5.30. The molecule has 1 saturated heterocycles. The second-order valence-electron chi connectivity index (χ2n) is 9.42. The van der Waals surface area contributed by atoms with Gasteiger partial charge in [-0.15, -0.1) is 0 Å². The van der Waals surface area contributed by atoms with Crippen LogP contribution < -0.4 is 5.32 Å². The van der Waals surface area contributed by atoms with E-state index in [0.29, 0.717) is 19.0 Å². The summed E-state index contributed by atoms with van der Waals surface area (Å²) in [6.07, 6.45) is 3.83. The Morgan fingerprint density at radius 2 is 1.91 bits per heavy atom. The maximum atomic E-state index is 12.4. The van der Waals surface area contributed by atoms with Crippen LogP contribution in [0.2, 0.25) is 0 Å². The molecule has 0 atom stereocenters. The highest BCUT2D eigenvalue weighted by Gasteiger charge is 2.34. The first-order chi connectivity index (χ1) is 16.4. The summed E-state index contributed by atoms with van der Waals surface area (Å²) in [6.45, 7) is 4.03. The number of aromatic nitrogens is 6. The van der Waals surface area contributed by atoms with Crippen LogP contribution in [0.5, 0.6) is 0 Å². The summed E-state index contributed by atoms with van der Waals surface area (Å²) in [4.78, 5) is 21.8. The number of likely N-dealkylation sites (tertiary alicyclic amines) is 1. The lowest BCUT2D eigenvalue weighted by molar-refractivity contribution is 0.169. The van der Waals surface area contributed by atoms with Gasteiger partial charge in [0.2, 0.25) is 0 Å². The molecule has 3 aromatic heterocycles.